The number of aromatic nitrogens is 2. The average molecular weight is 243 g/mol. The van der Waals surface area contributed by atoms with Crippen LogP contribution in [0.4, 0.5) is 0 Å². The molecular formula is C10H17N3O2S. The van der Waals surface area contributed by atoms with Crippen LogP contribution in [0.3, 0.4) is 0 Å². The van der Waals surface area contributed by atoms with E-state index < -0.39 is 10.0 Å². The van der Waals surface area contributed by atoms with Gasteiger partial charge in [0.2, 0.25) is 10.0 Å². The van der Waals surface area contributed by atoms with Gasteiger partial charge < -0.3 is 0 Å². The van der Waals surface area contributed by atoms with Crippen molar-refractivity contribution < 1.29 is 8.42 Å². The summed E-state index contributed by atoms with van der Waals surface area (Å²) in [5.74, 6) is 0.627. The molecule has 0 bridgehead atoms. The minimum Gasteiger partial charge on any atom is -0.271 e. The fourth-order valence-corrected chi connectivity index (χ4v) is 2.69. The van der Waals surface area contributed by atoms with Crippen LogP contribution in [0.2, 0.25) is 0 Å². The lowest BCUT2D eigenvalue weighted by Gasteiger charge is -2.21. The van der Waals surface area contributed by atoms with E-state index in [0.717, 1.165) is 6.54 Å². The molecule has 0 unspecified atom stereocenters. The van der Waals surface area contributed by atoms with Gasteiger partial charge in [0.25, 0.3) is 0 Å². The average Bonchev–Trinajstić information content (AvgIpc) is 2.67. The number of primary sulfonamides is 1. The van der Waals surface area contributed by atoms with Gasteiger partial charge >= 0.3 is 0 Å². The van der Waals surface area contributed by atoms with Gasteiger partial charge in [0.1, 0.15) is 4.90 Å². The van der Waals surface area contributed by atoms with Gasteiger partial charge in [0, 0.05) is 12.7 Å². The molecule has 2 rings (SSSR count). The second kappa shape index (κ2) is 4.55. The summed E-state index contributed by atoms with van der Waals surface area (Å²) in [7, 11) is -3.61. The molecule has 1 heterocycles. The van der Waals surface area contributed by atoms with Gasteiger partial charge in [-0.1, -0.05) is 19.3 Å². The van der Waals surface area contributed by atoms with E-state index >= 15 is 0 Å². The van der Waals surface area contributed by atoms with Crippen LogP contribution in [0.25, 0.3) is 0 Å². The van der Waals surface area contributed by atoms with Crippen molar-refractivity contribution in [3.63, 3.8) is 0 Å². The Kier molecular flexibility index (Phi) is 3.30. The van der Waals surface area contributed by atoms with Gasteiger partial charge in [-0.2, -0.15) is 5.10 Å². The Balaban J connectivity index is 2.02. The number of rotatable bonds is 3. The van der Waals surface area contributed by atoms with E-state index in [0.29, 0.717) is 5.92 Å². The summed E-state index contributed by atoms with van der Waals surface area (Å²) >= 11 is 0. The van der Waals surface area contributed by atoms with Crippen LogP contribution in [0.15, 0.2) is 17.3 Å². The minimum absolute atomic E-state index is 0.100. The zero-order valence-corrected chi connectivity index (χ0v) is 9.99. The van der Waals surface area contributed by atoms with Crippen LogP contribution < -0.4 is 5.14 Å². The van der Waals surface area contributed by atoms with Crippen LogP contribution in [0.5, 0.6) is 0 Å². The van der Waals surface area contributed by atoms with Crippen LogP contribution in [0.1, 0.15) is 32.1 Å². The summed E-state index contributed by atoms with van der Waals surface area (Å²) < 4.78 is 23.8. The van der Waals surface area contributed by atoms with Crippen LogP contribution in [-0.4, -0.2) is 18.2 Å². The van der Waals surface area contributed by atoms with Crippen molar-refractivity contribution in [3.05, 3.63) is 12.4 Å². The summed E-state index contributed by atoms with van der Waals surface area (Å²) in [6.07, 6.45) is 9.12. The molecule has 1 saturated carbocycles. The molecule has 1 aliphatic rings. The molecule has 90 valence electrons. The molecule has 0 atom stereocenters. The van der Waals surface area contributed by atoms with E-state index in [2.05, 4.69) is 5.10 Å². The van der Waals surface area contributed by atoms with Crippen LogP contribution >= 0.6 is 0 Å². The Hall–Kier alpha value is -0.880. The van der Waals surface area contributed by atoms with E-state index in [1.165, 1.54) is 44.5 Å². The first kappa shape index (κ1) is 11.6. The molecule has 0 radical (unpaired) electrons. The Morgan fingerprint density at radius 1 is 1.38 bits per heavy atom. The van der Waals surface area contributed by atoms with Gasteiger partial charge in [0.05, 0.1) is 6.20 Å². The van der Waals surface area contributed by atoms with Crippen molar-refractivity contribution in [1.29, 1.82) is 0 Å². The molecule has 0 aliphatic heterocycles. The van der Waals surface area contributed by atoms with Gasteiger partial charge in [-0.3, -0.25) is 4.68 Å². The van der Waals surface area contributed by atoms with Crippen molar-refractivity contribution in [2.24, 2.45) is 11.1 Å². The smallest absolute Gasteiger partial charge is 0.241 e. The number of hydrogen-bond acceptors (Lipinski definition) is 3. The van der Waals surface area contributed by atoms with Gasteiger partial charge in [0.15, 0.2) is 0 Å². The third kappa shape index (κ3) is 2.82. The van der Waals surface area contributed by atoms with Gasteiger partial charge in [-0.15, -0.1) is 0 Å². The summed E-state index contributed by atoms with van der Waals surface area (Å²) in [6.45, 7) is 0.801. The maximum absolute atomic E-state index is 11.1. The Morgan fingerprint density at radius 3 is 2.62 bits per heavy atom. The third-order valence-electron chi connectivity index (χ3n) is 3.11. The fraction of sp³-hybridized carbons (Fsp3) is 0.700. The molecule has 1 aromatic heterocycles. The lowest BCUT2D eigenvalue weighted by atomic mass is 9.89. The SMILES string of the molecule is NS(=O)(=O)c1cnn(CC2CCCCC2)c1. The summed E-state index contributed by atoms with van der Waals surface area (Å²) in [6, 6.07) is 0. The molecule has 5 nitrogen and oxygen atoms in total. The standard InChI is InChI=1S/C10H17N3O2S/c11-16(14,15)10-6-12-13(8-10)7-9-4-2-1-3-5-9/h6,8-9H,1-5,7H2,(H2,11,14,15). The normalized spacial score (nSPS) is 18.8. The van der Waals surface area contributed by atoms with Crippen LogP contribution in [0, 0.1) is 5.92 Å². The van der Waals surface area contributed by atoms with E-state index in [1.807, 2.05) is 0 Å². The maximum atomic E-state index is 11.1. The minimum atomic E-state index is -3.61. The predicted molar refractivity (Wildman–Crippen MR) is 60.2 cm³/mol. The molecule has 6 heteroatoms. The molecular weight excluding hydrogens is 226 g/mol. The topological polar surface area (TPSA) is 78.0 Å². The van der Waals surface area contributed by atoms with Crippen molar-refractivity contribution in [3.8, 4) is 0 Å². The Bertz CT molecular complexity index is 446. The zero-order chi connectivity index (χ0) is 11.6. The van der Waals surface area contributed by atoms with E-state index in [-0.39, 0.29) is 4.90 Å². The molecule has 0 aromatic carbocycles. The largest absolute Gasteiger partial charge is 0.271 e. The molecule has 1 fully saturated rings. The van der Waals surface area contributed by atoms with Crippen molar-refractivity contribution in [2.75, 3.05) is 0 Å². The molecule has 0 amide bonds. The highest BCUT2D eigenvalue weighted by Crippen LogP contribution is 2.24. The van der Waals surface area contributed by atoms with Crippen molar-refractivity contribution in [1.82, 2.24) is 9.78 Å². The maximum Gasteiger partial charge on any atom is 0.241 e. The second-order valence-corrected chi connectivity index (χ2v) is 6.01. The van der Waals surface area contributed by atoms with E-state index in [9.17, 15) is 8.42 Å². The van der Waals surface area contributed by atoms with Gasteiger partial charge in [-0.25, -0.2) is 13.6 Å². The van der Waals surface area contributed by atoms with Crippen molar-refractivity contribution >= 4 is 10.0 Å². The monoisotopic (exact) mass is 243 g/mol. The molecule has 1 aliphatic carbocycles. The first-order valence-corrected chi connectivity index (χ1v) is 7.15. The van der Waals surface area contributed by atoms with E-state index in [4.69, 9.17) is 5.14 Å². The highest BCUT2D eigenvalue weighted by atomic mass is 32.2. The quantitative estimate of drug-likeness (QED) is 0.863. The summed E-state index contributed by atoms with van der Waals surface area (Å²) in [4.78, 5) is 0.100. The molecule has 0 spiro atoms. The summed E-state index contributed by atoms with van der Waals surface area (Å²) in [5, 5.41) is 9.06. The number of nitrogens with zero attached hydrogens (tertiary/aromatic N) is 2. The fourth-order valence-electron chi connectivity index (χ4n) is 2.23. The second-order valence-electron chi connectivity index (χ2n) is 4.45. The third-order valence-corrected chi connectivity index (χ3v) is 3.98. The molecule has 2 N–H and O–H groups in total. The molecule has 1 aromatic rings. The Morgan fingerprint density at radius 2 is 2.06 bits per heavy atom. The predicted octanol–water partition coefficient (Wildman–Crippen LogP) is 1.11. The number of sulfonamides is 1. The lowest BCUT2D eigenvalue weighted by molar-refractivity contribution is 0.308. The molecule has 16 heavy (non-hydrogen) atoms. The lowest BCUT2D eigenvalue weighted by Crippen LogP contribution is -2.15. The first-order chi connectivity index (χ1) is 7.55. The Labute approximate surface area is 95.7 Å². The van der Waals surface area contributed by atoms with E-state index in [1.54, 1.807) is 4.68 Å². The zero-order valence-electron chi connectivity index (χ0n) is 9.17. The van der Waals surface area contributed by atoms with Gasteiger partial charge in [-0.05, 0) is 18.8 Å². The van der Waals surface area contributed by atoms with Crippen LogP contribution in [-0.2, 0) is 16.6 Å². The number of nitrogens with two attached hydrogens (primary N) is 1. The first-order valence-electron chi connectivity index (χ1n) is 5.61. The van der Waals surface area contributed by atoms with Crippen molar-refractivity contribution in [2.45, 2.75) is 43.5 Å². The highest BCUT2D eigenvalue weighted by molar-refractivity contribution is 7.89. The molecule has 0 saturated heterocycles. The number of hydrogen-bond donors (Lipinski definition) is 1. The summed E-state index contributed by atoms with van der Waals surface area (Å²) in [5.41, 5.74) is 0. The highest BCUT2D eigenvalue weighted by Gasteiger charge is 2.16.